The SMILES string of the molecule is COc1cccc(Cn2nccc2NC(=O)CCc2cnn(C)c2)c1OC. The highest BCUT2D eigenvalue weighted by molar-refractivity contribution is 5.89. The lowest BCUT2D eigenvalue weighted by Gasteiger charge is -2.14. The lowest BCUT2D eigenvalue weighted by Crippen LogP contribution is -2.16. The molecule has 0 fully saturated rings. The molecule has 2 aromatic heterocycles. The topological polar surface area (TPSA) is 83.2 Å². The van der Waals surface area contributed by atoms with E-state index < -0.39 is 0 Å². The van der Waals surface area contributed by atoms with Gasteiger partial charge >= 0.3 is 0 Å². The first-order valence-corrected chi connectivity index (χ1v) is 8.59. The summed E-state index contributed by atoms with van der Waals surface area (Å²) in [5, 5.41) is 11.3. The Morgan fingerprint density at radius 2 is 2.04 bits per heavy atom. The first kappa shape index (κ1) is 18.5. The zero-order valence-corrected chi connectivity index (χ0v) is 15.7. The molecule has 0 unspecified atom stereocenters. The number of aryl methyl sites for hydroxylation is 2. The van der Waals surface area contributed by atoms with Crippen LogP contribution >= 0.6 is 0 Å². The van der Waals surface area contributed by atoms with Gasteiger partial charge in [-0.1, -0.05) is 12.1 Å². The summed E-state index contributed by atoms with van der Waals surface area (Å²) < 4.78 is 14.2. The molecule has 8 heteroatoms. The van der Waals surface area contributed by atoms with Crippen molar-refractivity contribution in [3.63, 3.8) is 0 Å². The number of anilines is 1. The van der Waals surface area contributed by atoms with Gasteiger partial charge in [0, 0.05) is 31.3 Å². The molecule has 0 aliphatic heterocycles. The van der Waals surface area contributed by atoms with E-state index in [-0.39, 0.29) is 5.91 Å². The standard InChI is InChI=1S/C19H23N5O3/c1-23-12-14(11-21-23)7-8-18(25)22-17-9-10-20-24(17)13-15-5-4-6-16(26-2)19(15)27-3/h4-6,9-12H,7-8,13H2,1-3H3,(H,22,25). The Labute approximate surface area is 157 Å². The molecule has 0 spiro atoms. The summed E-state index contributed by atoms with van der Waals surface area (Å²) in [7, 11) is 5.06. The van der Waals surface area contributed by atoms with Gasteiger partial charge < -0.3 is 14.8 Å². The van der Waals surface area contributed by atoms with E-state index in [2.05, 4.69) is 15.5 Å². The number of hydrogen-bond acceptors (Lipinski definition) is 5. The third kappa shape index (κ3) is 4.46. The second-order valence-electron chi connectivity index (χ2n) is 6.10. The largest absolute Gasteiger partial charge is 0.493 e. The maximum absolute atomic E-state index is 12.3. The molecule has 0 aliphatic carbocycles. The molecule has 3 rings (SSSR count). The van der Waals surface area contributed by atoms with Crippen LogP contribution in [0.3, 0.4) is 0 Å². The number of aromatic nitrogens is 4. The van der Waals surface area contributed by atoms with Crippen molar-refractivity contribution in [2.45, 2.75) is 19.4 Å². The molecule has 0 saturated heterocycles. The van der Waals surface area contributed by atoms with E-state index in [0.29, 0.717) is 36.7 Å². The molecule has 27 heavy (non-hydrogen) atoms. The number of ether oxygens (including phenoxy) is 2. The van der Waals surface area contributed by atoms with Crippen LogP contribution in [0.1, 0.15) is 17.5 Å². The Morgan fingerprint density at radius 1 is 1.19 bits per heavy atom. The second kappa shape index (κ2) is 8.39. The Morgan fingerprint density at radius 3 is 2.74 bits per heavy atom. The molecule has 3 aromatic rings. The Bertz CT molecular complexity index is 916. The first-order valence-electron chi connectivity index (χ1n) is 8.59. The van der Waals surface area contributed by atoms with E-state index in [1.165, 1.54) is 0 Å². The highest BCUT2D eigenvalue weighted by Crippen LogP contribution is 2.31. The number of nitrogens with zero attached hydrogens (tertiary/aromatic N) is 4. The summed E-state index contributed by atoms with van der Waals surface area (Å²) in [6.07, 6.45) is 6.35. The summed E-state index contributed by atoms with van der Waals surface area (Å²) in [6, 6.07) is 7.45. The summed E-state index contributed by atoms with van der Waals surface area (Å²) >= 11 is 0. The molecule has 0 aliphatic rings. The number of amides is 1. The number of benzene rings is 1. The smallest absolute Gasteiger partial charge is 0.225 e. The van der Waals surface area contributed by atoms with Crippen molar-refractivity contribution in [3.05, 3.63) is 54.0 Å². The molecule has 1 amide bonds. The quantitative estimate of drug-likeness (QED) is 0.658. The minimum absolute atomic E-state index is 0.0711. The van der Waals surface area contributed by atoms with Crippen LogP contribution in [0.15, 0.2) is 42.9 Å². The summed E-state index contributed by atoms with van der Waals surface area (Å²) in [4.78, 5) is 12.3. The maximum atomic E-state index is 12.3. The second-order valence-corrected chi connectivity index (χ2v) is 6.10. The minimum Gasteiger partial charge on any atom is -0.493 e. The van der Waals surface area contributed by atoms with E-state index in [0.717, 1.165) is 11.1 Å². The van der Waals surface area contributed by atoms with Crippen molar-refractivity contribution in [1.82, 2.24) is 19.6 Å². The van der Waals surface area contributed by atoms with Crippen molar-refractivity contribution in [2.75, 3.05) is 19.5 Å². The van der Waals surface area contributed by atoms with E-state index in [9.17, 15) is 4.79 Å². The number of rotatable bonds is 8. The van der Waals surface area contributed by atoms with Gasteiger partial charge in [0.25, 0.3) is 0 Å². The molecule has 142 valence electrons. The average molecular weight is 369 g/mol. The summed E-state index contributed by atoms with van der Waals surface area (Å²) in [5.74, 6) is 1.88. The number of nitrogens with one attached hydrogen (secondary N) is 1. The molecular weight excluding hydrogens is 346 g/mol. The Kier molecular flexibility index (Phi) is 5.75. The van der Waals surface area contributed by atoms with Crippen molar-refractivity contribution >= 4 is 11.7 Å². The van der Waals surface area contributed by atoms with Gasteiger partial charge in [-0.2, -0.15) is 10.2 Å². The van der Waals surface area contributed by atoms with Crippen LogP contribution in [-0.2, 0) is 24.8 Å². The molecule has 2 heterocycles. The van der Waals surface area contributed by atoms with Crippen LogP contribution in [0.4, 0.5) is 5.82 Å². The fourth-order valence-corrected chi connectivity index (χ4v) is 2.87. The molecule has 0 saturated carbocycles. The molecule has 0 bridgehead atoms. The lowest BCUT2D eigenvalue weighted by molar-refractivity contribution is -0.116. The number of carbonyl (C=O) groups is 1. The zero-order valence-electron chi connectivity index (χ0n) is 15.7. The zero-order chi connectivity index (χ0) is 19.2. The molecule has 0 radical (unpaired) electrons. The maximum Gasteiger partial charge on any atom is 0.225 e. The van der Waals surface area contributed by atoms with E-state index in [1.807, 2.05) is 31.4 Å². The van der Waals surface area contributed by atoms with Gasteiger partial charge in [-0.15, -0.1) is 0 Å². The van der Waals surface area contributed by atoms with Crippen LogP contribution in [-0.4, -0.2) is 39.7 Å². The van der Waals surface area contributed by atoms with E-state index in [4.69, 9.17) is 9.47 Å². The van der Waals surface area contributed by atoms with E-state index >= 15 is 0 Å². The number of para-hydroxylation sites is 1. The fraction of sp³-hybridized carbons (Fsp3) is 0.316. The highest BCUT2D eigenvalue weighted by atomic mass is 16.5. The third-order valence-corrected chi connectivity index (χ3v) is 4.19. The third-order valence-electron chi connectivity index (χ3n) is 4.19. The van der Waals surface area contributed by atoms with Crippen LogP contribution in [0.25, 0.3) is 0 Å². The van der Waals surface area contributed by atoms with Crippen molar-refractivity contribution < 1.29 is 14.3 Å². The Hall–Kier alpha value is -3.29. The number of methoxy groups -OCH3 is 2. The van der Waals surface area contributed by atoms with E-state index in [1.54, 1.807) is 42.0 Å². The van der Waals surface area contributed by atoms with Gasteiger partial charge in [-0.25, -0.2) is 4.68 Å². The van der Waals surface area contributed by atoms with Crippen LogP contribution in [0.5, 0.6) is 11.5 Å². The van der Waals surface area contributed by atoms with Crippen molar-refractivity contribution in [2.24, 2.45) is 7.05 Å². The van der Waals surface area contributed by atoms with Crippen LogP contribution in [0, 0.1) is 0 Å². The molecular formula is C19H23N5O3. The molecule has 8 nitrogen and oxygen atoms in total. The number of carbonyl (C=O) groups excluding carboxylic acids is 1. The predicted octanol–water partition coefficient (Wildman–Crippen LogP) is 2.25. The van der Waals surface area contributed by atoms with Gasteiger partial charge in [-0.05, 0) is 18.1 Å². The normalized spacial score (nSPS) is 10.6. The van der Waals surface area contributed by atoms with Crippen molar-refractivity contribution in [3.8, 4) is 11.5 Å². The van der Waals surface area contributed by atoms with Crippen LogP contribution < -0.4 is 14.8 Å². The van der Waals surface area contributed by atoms with Crippen LogP contribution in [0.2, 0.25) is 0 Å². The fourth-order valence-electron chi connectivity index (χ4n) is 2.87. The molecule has 0 atom stereocenters. The molecule has 1 N–H and O–H groups in total. The lowest BCUT2D eigenvalue weighted by atomic mass is 10.2. The minimum atomic E-state index is -0.0711. The monoisotopic (exact) mass is 369 g/mol. The predicted molar refractivity (Wildman–Crippen MR) is 101 cm³/mol. The van der Waals surface area contributed by atoms with Gasteiger partial charge in [0.15, 0.2) is 11.5 Å². The summed E-state index contributed by atoms with van der Waals surface area (Å²) in [5.41, 5.74) is 1.94. The van der Waals surface area contributed by atoms with Gasteiger partial charge in [0.1, 0.15) is 5.82 Å². The average Bonchev–Trinajstić information content (AvgIpc) is 3.28. The van der Waals surface area contributed by atoms with Gasteiger partial charge in [-0.3, -0.25) is 9.48 Å². The van der Waals surface area contributed by atoms with Gasteiger partial charge in [0.05, 0.1) is 33.2 Å². The highest BCUT2D eigenvalue weighted by Gasteiger charge is 2.13. The first-order chi connectivity index (χ1) is 13.1. The van der Waals surface area contributed by atoms with Gasteiger partial charge in [0.2, 0.25) is 5.91 Å². The molecule has 1 aromatic carbocycles. The number of hydrogen-bond donors (Lipinski definition) is 1. The van der Waals surface area contributed by atoms with Crippen molar-refractivity contribution in [1.29, 1.82) is 0 Å². The summed E-state index contributed by atoms with van der Waals surface area (Å²) in [6.45, 7) is 0.450. The Balaban J connectivity index is 1.66.